The zero-order chi connectivity index (χ0) is 13.1. The summed E-state index contributed by atoms with van der Waals surface area (Å²) >= 11 is 11.4. The molecule has 1 N–H and O–H groups in total. The lowest BCUT2D eigenvalue weighted by atomic mass is 10.1. The molecule has 0 saturated heterocycles. The van der Waals surface area contributed by atoms with Gasteiger partial charge in [-0.05, 0) is 29.8 Å². The van der Waals surface area contributed by atoms with Crippen LogP contribution in [0.2, 0.25) is 10.0 Å². The van der Waals surface area contributed by atoms with Gasteiger partial charge < -0.3 is 5.11 Å². The first-order valence-corrected chi connectivity index (χ1v) is 6.05. The summed E-state index contributed by atoms with van der Waals surface area (Å²) in [5.41, 5.74) is 1.26. The molecule has 1 unspecified atom stereocenters. The van der Waals surface area contributed by atoms with E-state index in [9.17, 15) is 9.50 Å². The van der Waals surface area contributed by atoms with E-state index in [1.807, 2.05) is 0 Å². The quantitative estimate of drug-likeness (QED) is 0.930. The average molecular weight is 286 g/mol. The van der Waals surface area contributed by atoms with E-state index in [0.29, 0.717) is 17.1 Å². The van der Waals surface area contributed by atoms with E-state index >= 15 is 0 Å². The Labute approximate surface area is 114 Å². The van der Waals surface area contributed by atoms with Crippen LogP contribution in [0.5, 0.6) is 0 Å². The minimum absolute atomic E-state index is 0.0452. The number of hydrogen-bond donors (Lipinski definition) is 1. The number of halogens is 3. The molecular weight excluding hydrogens is 276 g/mol. The molecule has 18 heavy (non-hydrogen) atoms. The highest BCUT2D eigenvalue weighted by Gasteiger charge is 2.11. The van der Waals surface area contributed by atoms with Gasteiger partial charge in [0.25, 0.3) is 0 Å². The van der Waals surface area contributed by atoms with Crippen molar-refractivity contribution >= 4 is 23.2 Å². The summed E-state index contributed by atoms with van der Waals surface area (Å²) in [4.78, 5) is 4.03. The van der Waals surface area contributed by atoms with Gasteiger partial charge in [0.15, 0.2) is 0 Å². The first-order valence-electron chi connectivity index (χ1n) is 5.29. The molecule has 2 nitrogen and oxygen atoms in total. The van der Waals surface area contributed by atoms with E-state index in [1.165, 1.54) is 18.3 Å². The lowest BCUT2D eigenvalue weighted by molar-refractivity contribution is 0.173. The molecule has 0 saturated carbocycles. The second-order valence-corrected chi connectivity index (χ2v) is 4.71. The molecule has 0 amide bonds. The third-order valence-electron chi connectivity index (χ3n) is 2.50. The van der Waals surface area contributed by atoms with Crippen LogP contribution in [0.4, 0.5) is 4.39 Å². The smallest absolute Gasteiger partial charge is 0.141 e. The van der Waals surface area contributed by atoms with E-state index < -0.39 is 11.9 Å². The maximum atomic E-state index is 13.0. The maximum Gasteiger partial charge on any atom is 0.141 e. The number of aliphatic hydroxyl groups excluding tert-OH is 1. The van der Waals surface area contributed by atoms with Gasteiger partial charge in [-0.1, -0.05) is 29.3 Å². The standard InChI is InChI=1S/C13H10Cl2FNO/c14-9-2-4-12(17-7-9)13(18)6-8-1-3-11(16)10(15)5-8/h1-5,7,13,18H,6H2. The number of rotatable bonds is 3. The molecule has 0 aliphatic heterocycles. The fraction of sp³-hybridized carbons (Fsp3) is 0.154. The SMILES string of the molecule is OC(Cc1ccc(F)c(Cl)c1)c1ccc(Cl)cn1. The van der Waals surface area contributed by atoms with E-state index in [4.69, 9.17) is 23.2 Å². The molecule has 1 atom stereocenters. The number of benzene rings is 1. The summed E-state index contributed by atoms with van der Waals surface area (Å²) < 4.78 is 13.0. The summed E-state index contributed by atoms with van der Waals surface area (Å²) in [6.07, 6.45) is 1.01. The van der Waals surface area contributed by atoms with Gasteiger partial charge in [-0.15, -0.1) is 0 Å². The Balaban J connectivity index is 2.13. The van der Waals surface area contributed by atoms with E-state index in [1.54, 1.807) is 18.2 Å². The van der Waals surface area contributed by atoms with Crippen LogP contribution in [0.25, 0.3) is 0 Å². The minimum atomic E-state index is -0.774. The average Bonchev–Trinajstić information content (AvgIpc) is 2.34. The topological polar surface area (TPSA) is 33.1 Å². The molecule has 5 heteroatoms. The van der Waals surface area contributed by atoms with E-state index in [2.05, 4.69) is 4.98 Å². The van der Waals surface area contributed by atoms with E-state index in [0.717, 1.165) is 5.56 Å². The van der Waals surface area contributed by atoms with Crippen molar-refractivity contribution < 1.29 is 9.50 Å². The molecule has 0 fully saturated rings. The van der Waals surface area contributed by atoms with Crippen molar-refractivity contribution in [3.05, 3.63) is 63.6 Å². The molecule has 94 valence electrons. The summed E-state index contributed by atoms with van der Waals surface area (Å²) in [6.45, 7) is 0. The van der Waals surface area contributed by atoms with Gasteiger partial charge in [0.1, 0.15) is 5.82 Å². The Hall–Kier alpha value is -1.16. The van der Waals surface area contributed by atoms with Gasteiger partial charge in [-0.25, -0.2) is 4.39 Å². The van der Waals surface area contributed by atoms with Gasteiger partial charge in [0.05, 0.1) is 21.8 Å². The largest absolute Gasteiger partial charge is 0.386 e. The maximum absolute atomic E-state index is 13.0. The monoisotopic (exact) mass is 285 g/mol. The third kappa shape index (κ3) is 3.19. The van der Waals surface area contributed by atoms with Crippen LogP contribution in [0.3, 0.4) is 0 Å². The lowest BCUT2D eigenvalue weighted by Crippen LogP contribution is -2.04. The van der Waals surface area contributed by atoms with Crippen LogP contribution in [-0.2, 0) is 6.42 Å². The second kappa shape index (κ2) is 5.65. The highest BCUT2D eigenvalue weighted by molar-refractivity contribution is 6.30. The van der Waals surface area contributed by atoms with Crippen molar-refractivity contribution in [2.75, 3.05) is 0 Å². The number of aliphatic hydroxyl groups is 1. The lowest BCUT2D eigenvalue weighted by Gasteiger charge is -2.10. The molecule has 2 aromatic rings. The summed E-state index contributed by atoms with van der Waals surface area (Å²) in [5.74, 6) is -0.473. The predicted molar refractivity (Wildman–Crippen MR) is 69.3 cm³/mol. The molecule has 0 aliphatic carbocycles. The van der Waals surface area contributed by atoms with Crippen molar-refractivity contribution in [3.8, 4) is 0 Å². The van der Waals surface area contributed by atoms with Crippen molar-refractivity contribution in [1.82, 2.24) is 4.98 Å². The molecule has 1 aromatic heterocycles. The molecule has 2 rings (SSSR count). The Morgan fingerprint density at radius 1 is 1.22 bits per heavy atom. The van der Waals surface area contributed by atoms with Crippen LogP contribution in [0.15, 0.2) is 36.5 Å². The van der Waals surface area contributed by atoms with Crippen LogP contribution >= 0.6 is 23.2 Å². The molecule has 1 aromatic carbocycles. The first kappa shape index (κ1) is 13.3. The van der Waals surface area contributed by atoms with Gasteiger partial charge in [0.2, 0.25) is 0 Å². The number of nitrogens with zero attached hydrogens (tertiary/aromatic N) is 1. The zero-order valence-electron chi connectivity index (χ0n) is 9.28. The van der Waals surface area contributed by atoms with Gasteiger partial charge >= 0.3 is 0 Å². The molecule has 1 heterocycles. The summed E-state index contributed by atoms with van der Waals surface area (Å²) in [7, 11) is 0. The van der Waals surface area contributed by atoms with Crippen molar-refractivity contribution in [2.45, 2.75) is 12.5 Å². The summed E-state index contributed by atoms with van der Waals surface area (Å²) in [6, 6.07) is 7.67. The minimum Gasteiger partial charge on any atom is -0.386 e. The Morgan fingerprint density at radius 2 is 2.00 bits per heavy atom. The Morgan fingerprint density at radius 3 is 2.61 bits per heavy atom. The molecule has 0 bridgehead atoms. The third-order valence-corrected chi connectivity index (χ3v) is 3.02. The molecule has 0 aliphatic rings. The highest BCUT2D eigenvalue weighted by Crippen LogP contribution is 2.21. The molecule has 0 radical (unpaired) electrons. The Kier molecular flexibility index (Phi) is 4.17. The van der Waals surface area contributed by atoms with Crippen molar-refractivity contribution in [3.63, 3.8) is 0 Å². The highest BCUT2D eigenvalue weighted by atomic mass is 35.5. The summed E-state index contributed by atoms with van der Waals surface area (Å²) in [5, 5.41) is 10.5. The van der Waals surface area contributed by atoms with Crippen LogP contribution in [-0.4, -0.2) is 10.1 Å². The number of pyridine rings is 1. The predicted octanol–water partition coefficient (Wildman–Crippen LogP) is 3.80. The first-order chi connectivity index (χ1) is 8.56. The van der Waals surface area contributed by atoms with Crippen molar-refractivity contribution in [2.24, 2.45) is 0 Å². The van der Waals surface area contributed by atoms with E-state index in [-0.39, 0.29) is 5.02 Å². The van der Waals surface area contributed by atoms with Crippen LogP contribution in [0.1, 0.15) is 17.4 Å². The Bertz CT molecular complexity index is 545. The van der Waals surface area contributed by atoms with Crippen molar-refractivity contribution in [1.29, 1.82) is 0 Å². The van der Waals surface area contributed by atoms with Gasteiger partial charge in [-0.2, -0.15) is 0 Å². The fourth-order valence-corrected chi connectivity index (χ4v) is 1.89. The van der Waals surface area contributed by atoms with Gasteiger partial charge in [0, 0.05) is 12.6 Å². The second-order valence-electron chi connectivity index (χ2n) is 3.87. The zero-order valence-corrected chi connectivity index (χ0v) is 10.8. The normalized spacial score (nSPS) is 12.4. The van der Waals surface area contributed by atoms with Crippen LogP contribution in [0, 0.1) is 5.82 Å². The molecular formula is C13H10Cl2FNO. The van der Waals surface area contributed by atoms with Gasteiger partial charge in [-0.3, -0.25) is 4.98 Å². The van der Waals surface area contributed by atoms with Crippen LogP contribution < -0.4 is 0 Å². The fourth-order valence-electron chi connectivity index (χ4n) is 1.58. The number of aromatic nitrogens is 1. The molecule has 0 spiro atoms. The number of hydrogen-bond acceptors (Lipinski definition) is 2.